The Labute approximate surface area is 625 Å². The molecule has 17 aromatic rings. The van der Waals surface area contributed by atoms with Gasteiger partial charge in [-0.05, 0) is 185 Å². The van der Waals surface area contributed by atoms with Crippen LogP contribution in [0.15, 0.2) is 413 Å². The van der Waals surface area contributed by atoms with Gasteiger partial charge in [-0.1, -0.05) is 346 Å². The Balaban J connectivity index is 0.000000164. The topological polar surface area (TPSA) is 77.3 Å². The molecule has 15 aromatic carbocycles. The number of nitrogens with zero attached hydrogens (tertiary/aromatic N) is 6. The first-order valence-electron chi connectivity index (χ1n) is 36.0. The van der Waals surface area contributed by atoms with E-state index >= 15 is 0 Å². The van der Waals surface area contributed by atoms with Crippen molar-refractivity contribution in [2.75, 3.05) is 0 Å². The lowest BCUT2D eigenvalue weighted by Crippen LogP contribution is -2.00. The van der Waals surface area contributed by atoms with E-state index < -0.39 is 0 Å². The van der Waals surface area contributed by atoms with E-state index in [1.165, 1.54) is 33.4 Å². The first-order valence-corrected chi connectivity index (χ1v) is 36.0. The van der Waals surface area contributed by atoms with Crippen molar-refractivity contribution >= 4 is 5.57 Å². The van der Waals surface area contributed by atoms with E-state index in [2.05, 4.69) is 280 Å². The monoisotopic (exact) mass is 1370 g/mol. The van der Waals surface area contributed by atoms with Gasteiger partial charge in [0.15, 0.2) is 34.9 Å². The molecule has 0 fully saturated rings. The first-order chi connectivity index (χ1) is 52.9. The standard InChI is InChI=1S/C51H35N3.C50H37N3/c1-5-16-36(17-6-1)40-24-13-26-42(30-40)46-33-47(43-27-14-25-41(31-43)37-18-7-2-8-19-37)35-48(34-46)44-28-15-29-45(32-44)51-53-49(38-20-9-3-10-21-38)52-50(54-51)39-22-11-4-12-23-39;1-3-35(4-2)41-22-14-23-42(30-41)46-32-45(38-28-26-37(27-29-38)36-16-8-5-9-17-36)33-47(34-46)43-24-15-25-44(31-43)50-52-48(39-18-10-6-11-19-39)51-49(53-50)40-20-12-7-13-21-40/h1-35H;3-34H,1H2,2H3/b;35-4+. The van der Waals surface area contributed by atoms with Crippen molar-refractivity contribution in [1.29, 1.82) is 0 Å². The summed E-state index contributed by atoms with van der Waals surface area (Å²) in [5.41, 5.74) is 28.6. The molecule has 506 valence electrons. The molecular formula is C101H72N6. The molecule has 0 bridgehead atoms. The molecule has 2 heterocycles. The highest BCUT2D eigenvalue weighted by molar-refractivity contribution is 5.88. The SMILES string of the molecule is C=C/C(=C\C)c1cccc(-c2cc(-c3ccc(-c4ccccc4)cc3)cc(-c3cccc(-c4nc(-c5ccccc5)nc(-c5ccccc5)n4)c3)c2)c1.c1ccc(-c2cccc(-c3cc(-c4cccc(-c5ccccc5)c4)cc(-c4cccc(-c5nc(-c6ccccc6)nc(-c6ccccc6)n5)c4)c3)c2)cc1. The van der Waals surface area contributed by atoms with E-state index in [1.54, 1.807) is 0 Å². The van der Waals surface area contributed by atoms with Crippen LogP contribution in [0.2, 0.25) is 0 Å². The third-order valence-corrected chi connectivity index (χ3v) is 19.2. The third-order valence-electron chi connectivity index (χ3n) is 19.2. The van der Waals surface area contributed by atoms with Crippen molar-refractivity contribution in [3.8, 4) is 168 Å². The van der Waals surface area contributed by atoms with Crippen LogP contribution in [0.3, 0.4) is 0 Å². The predicted octanol–water partition coefficient (Wildman–Crippen LogP) is 26.3. The van der Waals surface area contributed by atoms with Crippen LogP contribution in [0.1, 0.15) is 12.5 Å². The molecule has 17 rings (SSSR count). The minimum Gasteiger partial charge on any atom is -0.208 e. The smallest absolute Gasteiger partial charge is 0.164 e. The molecule has 0 saturated carbocycles. The van der Waals surface area contributed by atoms with E-state index in [1.807, 2.05) is 140 Å². The van der Waals surface area contributed by atoms with E-state index in [-0.39, 0.29) is 0 Å². The Morgan fingerprint density at radius 3 is 0.636 bits per heavy atom. The van der Waals surface area contributed by atoms with Gasteiger partial charge in [0.1, 0.15) is 0 Å². The molecule has 0 aliphatic carbocycles. The largest absolute Gasteiger partial charge is 0.208 e. The fourth-order valence-electron chi connectivity index (χ4n) is 13.6. The molecule has 0 atom stereocenters. The molecule has 0 amide bonds. The average Bonchev–Trinajstić information content (AvgIpc) is 0.794. The molecule has 0 spiro atoms. The van der Waals surface area contributed by atoms with Crippen molar-refractivity contribution in [1.82, 2.24) is 29.9 Å². The van der Waals surface area contributed by atoms with Gasteiger partial charge >= 0.3 is 0 Å². The van der Waals surface area contributed by atoms with Crippen LogP contribution in [0.5, 0.6) is 0 Å². The summed E-state index contributed by atoms with van der Waals surface area (Å²) in [6.07, 6.45) is 4.01. The van der Waals surface area contributed by atoms with Crippen molar-refractivity contribution < 1.29 is 0 Å². The Kier molecular flexibility index (Phi) is 19.9. The van der Waals surface area contributed by atoms with Crippen LogP contribution in [-0.4, -0.2) is 29.9 Å². The summed E-state index contributed by atoms with van der Waals surface area (Å²) in [4.78, 5) is 29.8. The number of rotatable bonds is 17. The Hall–Kier alpha value is -14.2. The molecule has 0 radical (unpaired) electrons. The number of benzene rings is 15. The minimum atomic E-state index is 0.628. The summed E-state index contributed by atoms with van der Waals surface area (Å²) < 4.78 is 0. The Morgan fingerprint density at radius 1 is 0.178 bits per heavy atom. The van der Waals surface area contributed by atoms with Gasteiger partial charge in [-0.3, -0.25) is 0 Å². The third kappa shape index (κ3) is 15.6. The average molecular weight is 1370 g/mol. The van der Waals surface area contributed by atoms with Crippen molar-refractivity contribution in [2.45, 2.75) is 6.92 Å². The highest BCUT2D eigenvalue weighted by atomic mass is 15.0. The van der Waals surface area contributed by atoms with Gasteiger partial charge in [0.2, 0.25) is 0 Å². The number of hydrogen-bond donors (Lipinski definition) is 0. The fourth-order valence-corrected chi connectivity index (χ4v) is 13.6. The summed E-state index contributed by atoms with van der Waals surface area (Å²) in [6, 6.07) is 138. The lowest BCUT2D eigenvalue weighted by Gasteiger charge is -2.14. The maximum Gasteiger partial charge on any atom is 0.164 e. The van der Waals surface area contributed by atoms with Crippen LogP contribution in [-0.2, 0) is 0 Å². The highest BCUT2D eigenvalue weighted by Gasteiger charge is 2.18. The lowest BCUT2D eigenvalue weighted by molar-refractivity contribution is 1.07. The van der Waals surface area contributed by atoms with Crippen LogP contribution >= 0.6 is 0 Å². The molecule has 0 saturated heterocycles. The summed E-state index contributed by atoms with van der Waals surface area (Å²) >= 11 is 0. The second-order valence-electron chi connectivity index (χ2n) is 26.2. The number of allylic oxidation sites excluding steroid dienone is 3. The Bertz CT molecular complexity index is 5770. The van der Waals surface area contributed by atoms with E-state index in [0.29, 0.717) is 34.9 Å². The van der Waals surface area contributed by atoms with E-state index in [9.17, 15) is 0 Å². The van der Waals surface area contributed by atoms with Crippen molar-refractivity contribution in [3.05, 3.63) is 419 Å². The molecule has 0 aliphatic rings. The zero-order valence-corrected chi connectivity index (χ0v) is 59.1. The van der Waals surface area contributed by atoms with Gasteiger partial charge in [0, 0.05) is 33.4 Å². The number of aromatic nitrogens is 6. The molecule has 6 nitrogen and oxygen atoms in total. The van der Waals surface area contributed by atoms with Crippen LogP contribution in [0.25, 0.3) is 174 Å². The molecule has 0 aliphatic heterocycles. The van der Waals surface area contributed by atoms with Gasteiger partial charge in [-0.15, -0.1) is 0 Å². The second-order valence-corrected chi connectivity index (χ2v) is 26.2. The van der Waals surface area contributed by atoms with Gasteiger partial charge < -0.3 is 0 Å². The van der Waals surface area contributed by atoms with Crippen LogP contribution in [0, 0.1) is 0 Å². The maximum absolute atomic E-state index is 5.02. The zero-order valence-electron chi connectivity index (χ0n) is 59.1. The van der Waals surface area contributed by atoms with Gasteiger partial charge in [0.05, 0.1) is 0 Å². The van der Waals surface area contributed by atoms with E-state index in [0.717, 1.165) is 111 Å². The fraction of sp³-hybridized carbons (Fsp3) is 0.00990. The molecule has 0 N–H and O–H groups in total. The number of hydrogen-bond acceptors (Lipinski definition) is 6. The zero-order chi connectivity index (χ0) is 72.1. The van der Waals surface area contributed by atoms with Gasteiger partial charge in [-0.25, -0.2) is 29.9 Å². The van der Waals surface area contributed by atoms with Crippen molar-refractivity contribution in [2.24, 2.45) is 0 Å². The van der Waals surface area contributed by atoms with Gasteiger partial charge in [0.25, 0.3) is 0 Å². The van der Waals surface area contributed by atoms with E-state index in [4.69, 9.17) is 29.9 Å². The molecule has 6 heteroatoms. The van der Waals surface area contributed by atoms with Gasteiger partial charge in [-0.2, -0.15) is 0 Å². The normalized spacial score (nSPS) is 11.1. The molecule has 107 heavy (non-hydrogen) atoms. The summed E-state index contributed by atoms with van der Waals surface area (Å²) in [5, 5.41) is 0. The highest BCUT2D eigenvalue weighted by Crippen LogP contribution is 2.40. The lowest BCUT2D eigenvalue weighted by atomic mass is 9.91. The second kappa shape index (κ2) is 31.6. The summed E-state index contributed by atoms with van der Waals surface area (Å²) in [5.74, 6) is 3.83. The maximum atomic E-state index is 5.02. The molecular weight excluding hydrogens is 1300 g/mol. The first kappa shape index (κ1) is 67.3. The predicted molar refractivity (Wildman–Crippen MR) is 445 cm³/mol. The van der Waals surface area contributed by atoms with Crippen LogP contribution < -0.4 is 0 Å². The van der Waals surface area contributed by atoms with Crippen molar-refractivity contribution in [3.63, 3.8) is 0 Å². The summed E-state index contributed by atoms with van der Waals surface area (Å²) in [6.45, 7) is 6.09. The summed E-state index contributed by atoms with van der Waals surface area (Å²) in [7, 11) is 0. The minimum absolute atomic E-state index is 0.628. The van der Waals surface area contributed by atoms with Crippen LogP contribution in [0.4, 0.5) is 0 Å². The molecule has 2 aromatic heterocycles. The Morgan fingerprint density at radius 2 is 0.355 bits per heavy atom. The quantitative estimate of drug-likeness (QED) is 0.0846. The molecule has 0 unspecified atom stereocenters.